The average Bonchev–Trinajstić information content (AvgIpc) is 3.17. The molecule has 5 aliphatic rings. The van der Waals surface area contributed by atoms with Crippen LogP contribution in [0.5, 0.6) is 0 Å². The molecule has 1 aliphatic heterocycles. The molecule has 9 atom stereocenters. The number of thiocyanates is 1. The molecule has 40 heavy (non-hydrogen) atoms. The largest absolute Gasteiger partial charge is 0.391 e. The van der Waals surface area contributed by atoms with Crippen LogP contribution in [0.3, 0.4) is 0 Å². The average molecular weight is 599 g/mol. The van der Waals surface area contributed by atoms with Crippen molar-refractivity contribution in [2.75, 3.05) is 31.7 Å². The van der Waals surface area contributed by atoms with Crippen LogP contribution in [-0.4, -0.2) is 84.0 Å². The monoisotopic (exact) mass is 598 g/mol. The summed E-state index contributed by atoms with van der Waals surface area (Å²) >= 11 is 1.03. The molecule has 4 aliphatic carbocycles. The minimum absolute atomic E-state index is 0.0331. The Labute approximate surface area is 243 Å². The third-order valence-corrected chi connectivity index (χ3v) is 11.5. The van der Waals surface area contributed by atoms with Gasteiger partial charge in [0, 0.05) is 37.4 Å². The molecule has 0 unspecified atom stereocenters. The van der Waals surface area contributed by atoms with Gasteiger partial charge in [-0.2, -0.15) is 13.7 Å². The minimum atomic E-state index is -3.67. The Morgan fingerprint density at radius 3 is 2.48 bits per heavy atom. The first-order chi connectivity index (χ1) is 18.5. The summed E-state index contributed by atoms with van der Waals surface area (Å²) in [5.41, 5.74) is -0.592. The number of nitriles is 1. The van der Waals surface area contributed by atoms with Gasteiger partial charge in [0.1, 0.15) is 17.0 Å². The summed E-state index contributed by atoms with van der Waals surface area (Å²) in [6.07, 6.45) is 6.48. The molecular formula is C29H46N2O7S2. The lowest BCUT2D eigenvalue weighted by Crippen LogP contribution is -2.64. The predicted molar refractivity (Wildman–Crippen MR) is 153 cm³/mol. The van der Waals surface area contributed by atoms with Crippen LogP contribution >= 0.6 is 11.8 Å². The van der Waals surface area contributed by atoms with Crippen LogP contribution in [0.15, 0.2) is 0 Å². The Morgan fingerprint density at radius 1 is 1.18 bits per heavy atom. The van der Waals surface area contributed by atoms with E-state index in [4.69, 9.17) is 14.6 Å². The summed E-state index contributed by atoms with van der Waals surface area (Å²) < 4.78 is 31.8. The standard InChI is InChI=1S/C28H42N2O4S.CH4O3S/c1-26(2)15-30(9-10-34-26)21-12-27(3)17(11-22(21)31)5-6-18-19-7-8-20(24(33)14-35-16-29)28(19,4)13-23(32)25(18)27;1-5(2,3)4/h17-22,25,31H,5-15H2,1-4H3;1H3,(H,2,3,4)/t17-,18-,19-,20+,21-,22-,25+,27-,28-;/m0./s1. The second-order valence-corrected chi connectivity index (χ2v) is 16.3. The Kier molecular flexibility index (Phi) is 9.23. The molecule has 5 fully saturated rings. The molecule has 1 saturated heterocycles. The molecule has 226 valence electrons. The number of nitrogens with zero attached hydrogens (tertiary/aromatic N) is 2. The number of ether oxygens (including phenoxy) is 1. The highest BCUT2D eigenvalue weighted by Crippen LogP contribution is 2.66. The van der Waals surface area contributed by atoms with Gasteiger partial charge in [-0.3, -0.25) is 19.0 Å². The van der Waals surface area contributed by atoms with E-state index in [-0.39, 0.29) is 51.9 Å². The zero-order chi connectivity index (χ0) is 29.7. The number of aliphatic hydroxyl groups excluding tert-OH is 1. The van der Waals surface area contributed by atoms with Crippen LogP contribution in [0.2, 0.25) is 0 Å². The van der Waals surface area contributed by atoms with Crippen molar-refractivity contribution in [2.45, 2.75) is 90.4 Å². The summed E-state index contributed by atoms with van der Waals surface area (Å²) in [4.78, 5) is 29.4. The molecule has 0 aromatic heterocycles. The number of carbonyl (C=O) groups excluding carboxylic acids is 2. The van der Waals surface area contributed by atoms with Crippen molar-refractivity contribution < 1.29 is 32.4 Å². The number of aliphatic hydroxyl groups is 1. The van der Waals surface area contributed by atoms with Crippen LogP contribution in [0.25, 0.3) is 0 Å². The van der Waals surface area contributed by atoms with E-state index < -0.39 is 10.1 Å². The van der Waals surface area contributed by atoms with Crippen molar-refractivity contribution in [1.82, 2.24) is 4.90 Å². The minimum Gasteiger partial charge on any atom is -0.391 e. The maximum Gasteiger partial charge on any atom is 0.261 e. The Bertz CT molecular complexity index is 1130. The molecule has 5 rings (SSSR count). The van der Waals surface area contributed by atoms with Crippen molar-refractivity contribution in [3.05, 3.63) is 0 Å². The Balaban J connectivity index is 0.000000681. The normalized spacial score (nSPS) is 42.9. The van der Waals surface area contributed by atoms with Crippen molar-refractivity contribution >= 4 is 33.4 Å². The summed E-state index contributed by atoms with van der Waals surface area (Å²) in [7, 11) is -3.67. The van der Waals surface area contributed by atoms with E-state index >= 15 is 0 Å². The molecule has 0 radical (unpaired) electrons. The van der Waals surface area contributed by atoms with Crippen LogP contribution in [-0.2, 0) is 24.4 Å². The van der Waals surface area contributed by atoms with Gasteiger partial charge in [0.05, 0.1) is 30.3 Å². The maximum absolute atomic E-state index is 14.0. The van der Waals surface area contributed by atoms with E-state index in [1.807, 2.05) is 5.40 Å². The van der Waals surface area contributed by atoms with Crippen LogP contribution in [0, 0.1) is 51.1 Å². The van der Waals surface area contributed by atoms with Gasteiger partial charge in [0.2, 0.25) is 0 Å². The van der Waals surface area contributed by atoms with E-state index in [9.17, 15) is 23.1 Å². The number of thioether (sulfide) groups is 1. The second-order valence-electron chi connectivity index (χ2n) is 14.0. The lowest BCUT2D eigenvalue weighted by molar-refractivity contribution is -0.177. The van der Waals surface area contributed by atoms with Gasteiger partial charge in [-0.1, -0.05) is 13.8 Å². The zero-order valence-corrected chi connectivity index (χ0v) is 26.1. The van der Waals surface area contributed by atoms with Crippen LogP contribution in [0.1, 0.15) is 72.6 Å². The number of carbonyl (C=O) groups is 2. The molecule has 0 aromatic carbocycles. The fraction of sp³-hybridized carbons (Fsp3) is 0.897. The SMILES string of the molecule is CC1(C)CN([C@H]2C[C@@]3(C)[C@@H](CC[C@H]4[C@@H]5CC[C@H](C(=O)CSC#N)[C@@]5(C)CC(=O)[C@@H]43)C[C@@H]2O)CCO1.CS(=O)(=O)O. The number of hydrogen-bond acceptors (Lipinski definition) is 9. The number of fused-ring (bicyclic) bond motifs is 5. The molecule has 2 N–H and O–H groups in total. The Morgan fingerprint density at radius 2 is 1.85 bits per heavy atom. The molecular weight excluding hydrogens is 552 g/mol. The Hall–Kier alpha value is -1.03. The van der Waals surface area contributed by atoms with Gasteiger partial charge in [0.15, 0.2) is 0 Å². The van der Waals surface area contributed by atoms with Crippen molar-refractivity contribution in [3.63, 3.8) is 0 Å². The van der Waals surface area contributed by atoms with Gasteiger partial charge in [-0.15, -0.1) is 0 Å². The third-order valence-electron chi connectivity index (χ3n) is 11.0. The fourth-order valence-corrected chi connectivity index (χ4v) is 9.95. The number of rotatable bonds is 4. The van der Waals surface area contributed by atoms with Crippen molar-refractivity contribution in [2.24, 2.45) is 40.4 Å². The molecule has 0 amide bonds. The highest BCUT2D eigenvalue weighted by atomic mass is 32.2. The van der Waals surface area contributed by atoms with Crippen LogP contribution in [0.4, 0.5) is 0 Å². The van der Waals surface area contributed by atoms with Crippen molar-refractivity contribution in [3.8, 4) is 5.40 Å². The van der Waals surface area contributed by atoms with Crippen LogP contribution < -0.4 is 0 Å². The summed E-state index contributed by atoms with van der Waals surface area (Å²) in [5, 5.41) is 22.2. The van der Waals surface area contributed by atoms with E-state index in [1.54, 1.807) is 0 Å². The first-order valence-electron chi connectivity index (χ1n) is 14.5. The number of morpholine rings is 1. The topological polar surface area (TPSA) is 145 Å². The number of Topliss-reactive ketones (excluding diaryl/α,β-unsaturated/α-hetero) is 2. The molecule has 0 spiro atoms. The summed E-state index contributed by atoms with van der Waals surface area (Å²) in [5.74, 6) is 1.79. The van der Waals surface area contributed by atoms with Gasteiger partial charge >= 0.3 is 0 Å². The number of ketones is 2. The third kappa shape index (κ3) is 6.32. The first-order valence-corrected chi connectivity index (χ1v) is 17.4. The van der Waals surface area contributed by atoms with Gasteiger partial charge in [-0.25, -0.2) is 0 Å². The van der Waals surface area contributed by atoms with E-state index in [1.165, 1.54) is 0 Å². The first kappa shape index (κ1) is 31.9. The lowest BCUT2D eigenvalue weighted by Gasteiger charge is -2.62. The molecule has 0 aromatic rings. The second kappa shape index (κ2) is 11.6. The van der Waals surface area contributed by atoms with E-state index in [0.29, 0.717) is 42.8 Å². The molecule has 0 bridgehead atoms. The highest BCUT2D eigenvalue weighted by Gasteiger charge is 2.65. The molecule has 1 heterocycles. The van der Waals surface area contributed by atoms with Gasteiger partial charge < -0.3 is 9.84 Å². The van der Waals surface area contributed by atoms with Gasteiger partial charge in [0.25, 0.3) is 10.1 Å². The molecule has 4 saturated carbocycles. The van der Waals surface area contributed by atoms with Crippen molar-refractivity contribution in [1.29, 1.82) is 5.26 Å². The van der Waals surface area contributed by atoms with Gasteiger partial charge in [-0.05, 0) is 92.7 Å². The summed E-state index contributed by atoms with van der Waals surface area (Å²) in [6, 6.07) is 0.0696. The maximum atomic E-state index is 14.0. The van der Waals surface area contributed by atoms with E-state index in [2.05, 4.69) is 32.6 Å². The van der Waals surface area contributed by atoms with E-state index in [0.717, 1.165) is 63.4 Å². The molecule has 9 nitrogen and oxygen atoms in total. The fourth-order valence-electron chi connectivity index (χ4n) is 9.54. The smallest absolute Gasteiger partial charge is 0.261 e. The zero-order valence-electron chi connectivity index (χ0n) is 24.5. The highest BCUT2D eigenvalue weighted by molar-refractivity contribution is 8.04. The quantitative estimate of drug-likeness (QED) is 0.364. The summed E-state index contributed by atoms with van der Waals surface area (Å²) in [6.45, 7) is 11.1. The molecule has 11 heteroatoms. The number of hydrogen-bond donors (Lipinski definition) is 2. The predicted octanol–water partition coefficient (Wildman–Crippen LogP) is 3.56. The lowest BCUT2D eigenvalue weighted by atomic mass is 9.43.